The van der Waals surface area contributed by atoms with Gasteiger partial charge in [0.15, 0.2) is 9.34 Å². The van der Waals surface area contributed by atoms with E-state index in [1.54, 1.807) is 6.33 Å². The van der Waals surface area contributed by atoms with Gasteiger partial charge in [-0.25, -0.2) is 18.5 Å². The molecule has 2 aromatic rings. The van der Waals surface area contributed by atoms with Gasteiger partial charge in [-0.3, -0.25) is 0 Å². The van der Waals surface area contributed by atoms with Crippen LogP contribution in [0.5, 0.6) is 0 Å². The van der Waals surface area contributed by atoms with Crippen LogP contribution >= 0.6 is 11.3 Å². The second kappa shape index (κ2) is 5.35. The quantitative estimate of drug-likeness (QED) is 0.868. The van der Waals surface area contributed by atoms with E-state index in [2.05, 4.69) is 20.1 Å². The molecule has 114 valence electrons. The van der Waals surface area contributed by atoms with Crippen molar-refractivity contribution < 1.29 is 8.42 Å². The molecule has 0 saturated carbocycles. The van der Waals surface area contributed by atoms with Crippen LogP contribution in [-0.4, -0.2) is 41.3 Å². The molecule has 0 aromatic carbocycles. The summed E-state index contributed by atoms with van der Waals surface area (Å²) in [7, 11) is -1.75. The Kier molecular flexibility index (Phi) is 3.68. The van der Waals surface area contributed by atoms with E-state index in [0.29, 0.717) is 5.13 Å². The van der Waals surface area contributed by atoms with Gasteiger partial charge in [-0.05, 0) is 12.8 Å². The molecule has 1 aliphatic rings. The van der Waals surface area contributed by atoms with Crippen LogP contribution in [0.4, 0.5) is 5.13 Å². The molecule has 1 aliphatic heterocycles. The van der Waals surface area contributed by atoms with E-state index >= 15 is 0 Å². The van der Waals surface area contributed by atoms with Gasteiger partial charge in [0, 0.05) is 26.1 Å². The molecular weight excluding hydrogens is 312 g/mol. The van der Waals surface area contributed by atoms with E-state index in [0.717, 1.165) is 43.1 Å². The SMILES string of the molecule is Cn1cnnc1C1CCCN(c2ncc(S(N)(=O)=O)s2)C1. The van der Waals surface area contributed by atoms with E-state index in [4.69, 9.17) is 5.14 Å². The number of hydrogen-bond acceptors (Lipinski definition) is 7. The molecule has 0 amide bonds. The Morgan fingerprint density at radius 3 is 2.90 bits per heavy atom. The molecule has 10 heteroatoms. The summed E-state index contributed by atoms with van der Waals surface area (Å²) in [5.74, 6) is 1.22. The molecule has 8 nitrogen and oxygen atoms in total. The maximum atomic E-state index is 11.3. The molecule has 1 atom stereocenters. The molecule has 3 rings (SSSR count). The minimum Gasteiger partial charge on any atom is -0.347 e. The standard InChI is InChI=1S/C11H16N6O2S2/c1-16-7-14-15-10(16)8-3-2-4-17(6-8)11-13-5-9(20-11)21(12,18)19/h5,7-8H,2-4,6H2,1H3,(H2,12,18,19). The van der Waals surface area contributed by atoms with E-state index < -0.39 is 10.0 Å². The molecule has 1 unspecified atom stereocenters. The van der Waals surface area contributed by atoms with Crippen molar-refractivity contribution in [2.45, 2.75) is 23.0 Å². The number of aryl methyl sites for hydroxylation is 1. The van der Waals surface area contributed by atoms with Gasteiger partial charge < -0.3 is 9.47 Å². The normalized spacial score (nSPS) is 19.9. The van der Waals surface area contributed by atoms with Gasteiger partial charge >= 0.3 is 0 Å². The Hall–Kier alpha value is -1.52. The van der Waals surface area contributed by atoms with Crippen LogP contribution in [0.25, 0.3) is 0 Å². The molecule has 0 spiro atoms. The fraction of sp³-hybridized carbons (Fsp3) is 0.545. The van der Waals surface area contributed by atoms with Crippen molar-refractivity contribution in [1.82, 2.24) is 19.7 Å². The summed E-state index contributed by atoms with van der Waals surface area (Å²) in [4.78, 5) is 6.27. The second-order valence-electron chi connectivity index (χ2n) is 5.09. The fourth-order valence-electron chi connectivity index (χ4n) is 2.55. The lowest BCUT2D eigenvalue weighted by atomic mass is 9.97. The highest BCUT2D eigenvalue weighted by molar-refractivity contribution is 7.91. The first-order chi connectivity index (χ1) is 9.95. The van der Waals surface area contributed by atoms with Crippen molar-refractivity contribution in [1.29, 1.82) is 0 Å². The molecule has 2 N–H and O–H groups in total. The predicted molar refractivity (Wildman–Crippen MR) is 78.7 cm³/mol. The van der Waals surface area contributed by atoms with Crippen LogP contribution in [0.15, 0.2) is 16.7 Å². The number of thiazole rings is 1. The van der Waals surface area contributed by atoms with E-state index in [1.807, 2.05) is 11.6 Å². The summed E-state index contributed by atoms with van der Waals surface area (Å²) in [5, 5.41) is 13.9. The lowest BCUT2D eigenvalue weighted by Crippen LogP contribution is -2.35. The summed E-state index contributed by atoms with van der Waals surface area (Å²) in [6.07, 6.45) is 5.05. The number of sulfonamides is 1. The van der Waals surface area contributed by atoms with Crippen LogP contribution < -0.4 is 10.0 Å². The van der Waals surface area contributed by atoms with Gasteiger partial charge in [0.2, 0.25) is 10.0 Å². The van der Waals surface area contributed by atoms with Gasteiger partial charge in [0.05, 0.1) is 6.20 Å². The second-order valence-corrected chi connectivity index (χ2v) is 7.89. The fourth-order valence-corrected chi connectivity index (χ4v) is 4.13. The zero-order chi connectivity index (χ0) is 15.0. The van der Waals surface area contributed by atoms with E-state index in [9.17, 15) is 8.42 Å². The monoisotopic (exact) mass is 328 g/mol. The summed E-state index contributed by atoms with van der Waals surface area (Å²) >= 11 is 1.11. The minimum atomic E-state index is -3.68. The van der Waals surface area contributed by atoms with Crippen molar-refractivity contribution in [2.24, 2.45) is 12.2 Å². The lowest BCUT2D eigenvalue weighted by molar-refractivity contribution is 0.480. The topological polar surface area (TPSA) is 107 Å². The number of nitrogens with two attached hydrogens (primary N) is 1. The maximum Gasteiger partial charge on any atom is 0.249 e. The number of anilines is 1. The van der Waals surface area contributed by atoms with E-state index in [1.165, 1.54) is 6.20 Å². The predicted octanol–water partition coefficient (Wildman–Crippen LogP) is 0.303. The Bertz CT molecular complexity index is 737. The summed E-state index contributed by atoms with van der Waals surface area (Å²) in [6, 6.07) is 0. The largest absolute Gasteiger partial charge is 0.347 e. The Morgan fingerprint density at radius 2 is 2.29 bits per heavy atom. The first-order valence-corrected chi connectivity index (χ1v) is 8.89. The number of rotatable bonds is 3. The molecule has 0 radical (unpaired) electrons. The molecule has 0 aliphatic carbocycles. The molecule has 1 fully saturated rings. The van der Waals surface area contributed by atoms with Gasteiger partial charge in [0.25, 0.3) is 0 Å². The third-order valence-corrected chi connectivity index (χ3v) is 6.02. The molecule has 1 saturated heterocycles. The summed E-state index contributed by atoms with van der Waals surface area (Å²) < 4.78 is 24.7. The summed E-state index contributed by atoms with van der Waals surface area (Å²) in [5.41, 5.74) is 0. The van der Waals surface area contributed by atoms with Crippen molar-refractivity contribution in [2.75, 3.05) is 18.0 Å². The Balaban J connectivity index is 1.80. The van der Waals surface area contributed by atoms with Crippen molar-refractivity contribution in [3.63, 3.8) is 0 Å². The van der Waals surface area contributed by atoms with Crippen LogP contribution in [0, 0.1) is 0 Å². The van der Waals surface area contributed by atoms with Crippen molar-refractivity contribution in [3.05, 3.63) is 18.3 Å². The lowest BCUT2D eigenvalue weighted by Gasteiger charge is -2.31. The van der Waals surface area contributed by atoms with Crippen LogP contribution in [0.3, 0.4) is 0 Å². The van der Waals surface area contributed by atoms with Crippen molar-refractivity contribution >= 4 is 26.5 Å². The molecule has 2 aromatic heterocycles. The third-order valence-electron chi connectivity index (χ3n) is 3.56. The number of piperidine rings is 1. The number of nitrogens with zero attached hydrogens (tertiary/aromatic N) is 5. The van der Waals surface area contributed by atoms with Crippen molar-refractivity contribution in [3.8, 4) is 0 Å². The minimum absolute atomic E-state index is 0.0956. The summed E-state index contributed by atoms with van der Waals surface area (Å²) in [6.45, 7) is 1.61. The van der Waals surface area contributed by atoms with Gasteiger partial charge in [-0.1, -0.05) is 11.3 Å². The van der Waals surface area contributed by atoms with Crippen LogP contribution in [-0.2, 0) is 17.1 Å². The molecule has 0 bridgehead atoms. The highest BCUT2D eigenvalue weighted by atomic mass is 32.2. The number of hydrogen-bond donors (Lipinski definition) is 1. The smallest absolute Gasteiger partial charge is 0.249 e. The zero-order valence-corrected chi connectivity index (χ0v) is 13.1. The van der Waals surface area contributed by atoms with Gasteiger partial charge in [-0.2, -0.15) is 0 Å². The van der Waals surface area contributed by atoms with Crippen LogP contribution in [0.1, 0.15) is 24.6 Å². The van der Waals surface area contributed by atoms with Gasteiger partial charge in [0.1, 0.15) is 12.2 Å². The number of aromatic nitrogens is 4. The Labute approximate surface area is 126 Å². The first kappa shape index (κ1) is 14.4. The number of primary sulfonamides is 1. The van der Waals surface area contributed by atoms with Crippen LogP contribution in [0.2, 0.25) is 0 Å². The molecular formula is C11H16N6O2S2. The molecule has 21 heavy (non-hydrogen) atoms. The Morgan fingerprint density at radius 1 is 1.48 bits per heavy atom. The average molecular weight is 328 g/mol. The average Bonchev–Trinajstić information content (AvgIpc) is 3.06. The third kappa shape index (κ3) is 2.92. The van der Waals surface area contributed by atoms with Gasteiger partial charge in [-0.15, -0.1) is 10.2 Å². The molecule has 3 heterocycles. The highest BCUT2D eigenvalue weighted by Gasteiger charge is 2.27. The van der Waals surface area contributed by atoms with E-state index in [-0.39, 0.29) is 10.1 Å². The highest BCUT2D eigenvalue weighted by Crippen LogP contribution is 2.32. The first-order valence-electron chi connectivity index (χ1n) is 6.52. The zero-order valence-electron chi connectivity index (χ0n) is 11.5. The maximum absolute atomic E-state index is 11.3.